The number of hydrogen-bond donors (Lipinski definition) is 1. The molecule has 29 heavy (non-hydrogen) atoms. The molecule has 0 aliphatic heterocycles. The molecular weight excluding hydrogens is 472 g/mol. The summed E-state index contributed by atoms with van der Waals surface area (Å²) in [7, 11) is -3.84. The first-order valence-corrected chi connectivity index (χ1v) is 12.0. The van der Waals surface area contributed by atoms with Crippen LogP contribution in [0.3, 0.4) is 0 Å². The van der Waals surface area contributed by atoms with Crippen molar-refractivity contribution >= 4 is 43.0 Å². The Hall–Kier alpha value is -2.42. The zero-order valence-corrected chi connectivity index (χ0v) is 18.4. The van der Waals surface area contributed by atoms with Crippen LogP contribution in [0.2, 0.25) is 0 Å². The SMILES string of the molecule is O=S(=O)(c1ccc(Br)cc1)c1nc(-c2cccs2)oc1NCCc1ccccc1. The van der Waals surface area contributed by atoms with E-state index >= 15 is 0 Å². The third-order valence-electron chi connectivity index (χ3n) is 4.25. The fourth-order valence-electron chi connectivity index (χ4n) is 2.80. The van der Waals surface area contributed by atoms with E-state index in [1.54, 1.807) is 24.3 Å². The summed E-state index contributed by atoms with van der Waals surface area (Å²) >= 11 is 4.77. The van der Waals surface area contributed by atoms with E-state index in [4.69, 9.17) is 4.42 Å². The van der Waals surface area contributed by atoms with Crippen molar-refractivity contribution in [3.8, 4) is 10.8 Å². The molecule has 0 bridgehead atoms. The molecule has 0 radical (unpaired) electrons. The van der Waals surface area contributed by atoms with Gasteiger partial charge >= 0.3 is 0 Å². The Bertz CT molecular complexity index is 1190. The third-order valence-corrected chi connectivity index (χ3v) is 7.31. The first kappa shape index (κ1) is 19.9. The van der Waals surface area contributed by atoms with Crippen LogP contribution in [0.15, 0.2) is 90.9 Å². The molecule has 2 heterocycles. The van der Waals surface area contributed by atoms with Crippen LogP contribution in [0, 0.1) is 0 Å². The highest BCUT2D eigenvalue weighted by molar-refractivity contribution is 9.10. The highest BCUT2D eigenvalue weighted by Gasteiger charge is 2.28. The number of nitrogens with zero attached hydrogens (tertiary/aromatic N) is 1. The number of benzene rings is 2. The van der Waals surface area contributed by atoms with E-state index in [0.29, 0.717) is 6.54 Å². The molecule has 8 heteroatoms. The van der Waals surface area contributed by atoms with Gasteiger partial charge in [-0.05, 0) is 47.7 Å². The minimum atomic E-state index is -3.84. The van der Waals surface area contributed by atoms with E-state index in [9.17, 15) is 8.42 Å². The van der Waals surface area contributed by atoms with Crippen molar-refractivity contribution in [3.05, 3.63) is 82.1 Å². The maximum Gasteiger partial charge on any atom is 0.240 e. The van der Waals surface area contributed by atoms with Crippen molar-refractivity contribution < 1.29 is 12.8 Å². The van der Waals surface area contributed by atoms with Crippen LogP contribution in [0.25, 0.3) is 10.8 Å². The van der Waals surface area contributed by atoms with E-state index in [1.807, 2.05) is 47.8 Å². The number of anilines is 1. The van der Waals surface area contributed by atoms with Crippen LogP contribution in [0.5, 0.6) is 0 Å². The van der Waals surface area contributed by atoms with Crippen molar-refractivity contribution in [3.63, 3.8) is 0 Å². The molecule has 0 atom stereocenters. The first-order chi connectivity index (χ1) is 14.0. The Morgan fingerprint density at radius 1 is 1.00 bits per heavy atom. The molecule has 0 saturated heterocycles. The summed E-state index contributed by atoms with van der Waals surface area (Å²) < 4.78 is 33.0. The number of oxazole rings is 1. The van der Waals surface area contributed by atoms with Crippen molar-refractivity contribution in [2.45, 2.75) is 16.3 Å². The second kappa shape index (κ2) is 8.52. The molecule has 0 fully saturated rings. The van der Waals surface area contributed by atoms with Gasteiger partial charge in [-0.3, -0.25) is 0 Å². The van der Waals surface area contributed by atoms with Crippen molar-refractivity contribution in [2.75, 3.05) is 11.9 Å². The average Bonchev–Trinajstić information content (AvgIpc) is 3.39. The first-order valence-electron chi connectivity index (χ1n) is 8.87. The van der Waals surface area contributed by atoms with Crippen LogP contribution < -0.4 is 5.32 Å². The summed E-state index contributed by atoms with van der Waals surface area (Å²) in [5.74, 6) is 0.449. The second-order valence-corrected chi connectivity index (χ2v) is 9.98. The lowest BCUT2D eigenvalue weighted by Crippen LogP contribution is -2.09. The Labute approximate surface area is 181 Å². The summed E-state index contributed by atoms with van der Waals surface area (Å²) in [5, 5.41) is 4.91. The summed E-state index contributed by atoms with van der Waals surface area (Å²) in [5.41, 5.74) is 1.15. The average molecular weight is 489 g/mol. The molecule has 0 saturated carbocycles. The maximum atomic E-state index is 13.2. The third kappa shape index (κ3) is 4.44. The molecule has 0 aliphatic rings. The molecule has 2 aromatic heterocycles. The lowest BCUT2D eigenvalue weighted by molar-refractivity contribution is 0.578. The number of sulfone groups is 1. The Balaban J connectivity index is 1.66. The number of hydrogen-bond acceptors (Lipinski definition) is 6. The Morgan fingerprint density at radius 3 is 2.45 bits per heavy atom. The van der Waals surface area contributed by atoms with E-state index in [1.165, 1.54) is 11.3 Å². The topological polar surface area (TPSA) is 72.2 Å². The summed E-state index contributed by atoms with van der Waals surface area (Å²) in [6.45, 7) is 0.520. The highest BCUT2D eigenvalue weighted by atomic mass is 79.9. The maximum absolute atomic E-state index is 13.2. The molecule has 5 nitrogen and oxygen atoms in total. The predicted molar refractivity (Wildman–Crippen MR) is 118 cm³/mol. The van der Waals surface area contributed by atoms with Crippen molar-refractivity contribution in [1.29, 1.82) is 0 Å². The van der Waals surface area contributed by atoms with Gasteiger partial charge < -0.3 is 9.73 Å². The van der Waals surface area contributed by atoms with E-state index in [2.05, 4.69) is 26.2 Å². The smallest absolute Gasteiger partial charge is 0.240 e. The lowest BCUT2D eigenvalue weighted by atomic mass is 10.1. The van der Waals surface area contributed by atoms with Gasteiger partial charge in [-0.25, -0.2) is 8.42 Å². The van der Waals surface area contributed by atoms with Crippen molar-refractivity contribution in [2.24, 2.45) is 0 Å². The van der Waals surface area contributed by atoms with Gasteiger partial charge in [0, 0.05) is 11.0 Å². The van der Waals surface area contributed by atoms with Gasteiger partial charge in [0.25, 0.3) is 0 Å². The van der Waals surface area contributed by atoms with Gasteiger partial charge in [-0.1, -0.05) is 52.3 Å². The van der Waals surface area contributed by atoms with Gasteiger partial charge in [0.1, 0.15) is 0 Å². The Morgan fingerprint density at radius 2 is 1.76 bits per heavy atom. The van der Waals surface area contributed by atoms with Crippen molar-refractivity contribution in [1.82, 2.24) is 4.98 Å². The molecule has 0 aliphatic carbocycles. The quantitative estimate of drug-likeness (QED) is 0.363. The van der Waals surface area contributed by atoms with E-state index < -0.39 is 9.84 Å². The van der Waals surface area contributed by atoms with Gasteiger partial charge in [-0.2, -0.15) is 4.98 Å². The number of rotatable bonds is 7. The van der Waals surface area contributed by atoms with Crippen LogP contribution >= 0.6 is 27.3 Å². The molecule has 4 rings (SSSR count). The molecule has 148 valence electrons. The minimum absolute atomic E-state index is 0.101. The summed E-state index contributed by atoms with van der Waals surface area (Å²) in [6, 6.07) is 20.2. The molecule has 0 spiro atoms. The fraction of sp³-hybridized carbons (Fsp3) is 0.0952. The zero-order chi connectivity index (χ0) is 20.3. The van der Waals surface area contributed by atoms with Gasteiger partial charge in [-0.15, -0.1) is 11.3 Å². The van der Waals surface area contributed by atoms with Gasteiger partial charge in [0.05, 0.1) is 9.77 Å². The van der Waals surface area contributed by atoms with E-state index in [-0.39, 0.29) is 21.7 Å². The molecule has 1 N–H and O–H groups in total. The second-order valence-electron chi connectivity index (χ2n) is 6.25. The molecule has 0 amide bonds. The lowest BCUT2D eigenvalue weighted by Gasteiger charge is -2.06. The fourth-order valence-corrected chi connectivity index (χ4v) is 4.99. The standard InChI is InChI=1S/C21H17BrN2O3S2/c22-16-8-10-17(11-9-16)29(25,26)21-20(23-13-12-15-5-2-1-3-6-15)27-19(24-21)18-7-4-14-28-18/h1-11,14,23H,12-13H2. The molecule has 4 aromatic rings. The molecule has 0 unspecified atom stereocenters. The largest absolute Gasteiger partial charge is 0.418 e. The van der Waals surface area contributed by atoms with E-state index in [0.717, 1.165) is 21.3 Å². The zero-order valence-electron chi connectivity index (χ0n) is 15.2. The minimum Gasteiger partial charge on any atom is -0.418 e. The number of halogens is 1. The van der Waals surface area contributed by atoms with Crippen LogP contribution in [-0.4, -0.2) is 19.9 Å². The van der Waals surface area contributed by atoms with Crippen LogP contribution in [0.4, 0.5) is 5.88 Å². The monoisotopic (exact) mass is 488 g/mol. The number of aromatic nitrogens is 1. The molecular formula is C21H17BrN2O3S2. The van der Waals surface area contributed by atoms with Crippen LogP contribution in [-0.2, 0) is 16.3 Å². The highest BCUT2D eigenvalue weighted by Crippen LogP contribution is 2.34. The normalized spacial score (nSPS) is 11.5. The number of thiophene rings is 1. The summed E-state index contributed by atoms with van der Waals surface area (Å²) in [4.78, 5) is 5.27. The van der Waals surface area contributed by atoms with Gasteiger partial charge in [0.15, 0.2) is 0 Å². The van der Waals surface area contributed by atoms with Gasteiger partial charge in [0.2, 0.25) is 26.6 Å². The number of nitrogens with one attached hydrogen (secondary N) is 1. The van der Waals surface area contributed by atoms with Crippen LogP contribution in [0.1, 0.15) is 5.56 Å². The predicted octanol–water partition coefficient (Wildman–Crippen LogP) is 5.65. The Kier molecular flexibility index (Phi) is 5.84. The molecule has 2 aromatic carbocycles. The summed E-state index contributed by atoms with van der Waals surface area (Å²) in [6.07, 6.45) is 0.730.